The van der Waals surface area contributed by atoms with Crippen molar-refractivity contribution in [1.82, 2.24) is 20.1 Å². The lowest BCUT2D eigenvalue weighted by atomic mass is 10.2. The molecule has 124 valence electrons. The van der Waals surface area contributed by atoms with Crippen molar-refractivity contribution in [2.45, 2.75) is 6.92 Å². The van der Waals surface area contributed by atoms with Gasteiger partial charge >= 0.3 is 0 Å². The molecule has 0 radical (unpaired) electrons. The molecule has 0 saturated carbocycles. The zero-order valence-corrected chi connectivity index (χ0v) is 14.4. The van der Waals surface area contributed by atoms with Gasteiger partial charge in [0, 0.05) is 39.4 Å². The highest BCUT2D eigenvalue weighted by Gasteiger charge is 2.21. The first-order valence-corrected chi connectivity index (χ1v) is 6.75. The average molecular weight is 349 g/mol. The lowest BCUT2D eigenvalue weighted by molar-refractivity contribution is -0.132. The number of amides is 2. The molecule has 0 atom stereocenters. The summed E-state index contributed by atoms with van der Waals surface area (Å²) in [4.78, 5) is 31.7. The molecule has 1 aliphatic rings. The van der Waals surface area contributed by atoms with Gasteiger partial charge in [0.05, 0.1) is 6.54 Å². The fraction of sp³-hybridized carbons (Fsp3) is 0.500. The number of carbonyl (C=O) groups excluding carboxylic acids is 2. The second-order valence-electron chi connectivity index (χ2n) is 4.96. The van der Waals surface area contributed by atoms with E-state index in [9.17, 15) is 9.59 Å². The highest BCUT2D eigenvalue weighted by Crippen LogP contribution is 2.07. The first-order chi connectivity index (χ1) is 9.59. The number of pyridine rings is 1. The van der Waals surface area contributed by atoms with Crippen LogP contribution in [-0.4, -0.2) is 66.4 Å². The third-order valence-corrected chi connectivity index (χ3v) is 3.40. The summed E-state index contributed by atoms with van der Waals surface area (Å²) in [5.41, 5.74) is 1.22. The van der Waals surface area contributed by atoms with Crippen molar-refractivity contribution in [3.05, 3.63) is 29.6 Å². The predicted octanol–water partition coefficient (Wildman–Crippen LogP) is 0.737. The molecule has 2 rings (SSSR count). The zero-order chi connectivity index (χ0) is 14.5. The van der Waals surface area contributed by atoms with Gasteiger partial charge in [0.15, 0.2) is 0 Å². The van der Waals surface area contributed by atoms with E-state index in [1.54, 1.807) is 24.2 Å². The second-order valence-corrected chi connectivity index (χ2v) is 4.96. The Morgan fingerprint density at radius 2 is 1.95 bits per heavy atom. The van der Waals surface area contributed by atoms with Crippen molar-refractivity contribution in [1.29, 1.82) is 0 Å². The van der Waals surface area contributed by atoms with Crippen molar-refractivity contribution < 1.29 is 9.59 Å². The lowest BCUT2D eigenvalue weighted by Gasteiger charge is -2.29. The molecular formula is C14H22Cl2N4O2. The second kappa shape index (κ2) is 9.61. The molecular weight excluding hydrogens is 327 g/mol. The van der Waals surface area contributed by atoms with Crippen LogP contribution in [0.5, 0.6) is 0 Å². The van der Waals surface area contributed by atoms with Crippen molar-refractivity contribution in [2.24, 2.45) is 0 Å². The van der Waals surface area contributed by atoms with Crippen LogP contribution in [0.15, 0.2) is 18.3 Å². The molecule has 1 saturated heterocycles. The summed E-state index contributed by atoms with van der Waals surface area (Å²) in [6, 6.07) is 3.63. The molecule has 0 aliphatic carbocycles. The smallest absolute Gasteiger partial charge is 0.272 e. The van der Waals surface area contributed by atoms with Crippen LogP contribution in [0, 0.1) is 6.92 Å². The van der Waals surface area contributed by atoms with Crippen LogP contribution in [0.4, 0.5) is 0 Å². The molecule has 8 heteroatoms. The average Bonchev–Trinajstić information content (AvgIpc) is 2.48. The number of aromatic nitrogens is 1. The Bertz CT molecular complexity index is 507. The molecule has 1 aromatic rings. The number of carbonyl (C=O) groups is 2. The predicted molar refractivity (Wildman–Crippen MR) is 89.9 cm³/mol. The fourth-order valence-corrected chi connectivity index (χ4v) is 2.18. The van der Waals surface area contributed by atoms with Gasteiger partial charge in [-0.05, 0) is 18.6 Å². The van der Waals surface area contributed by atoms with Crippen molar-refractivity contribution in [3.63, 3.8) is 0 Å². The third kappa shape index (κ3) is 5.12. The monoisotopic (exact) mass is 348 g/mol. The van der Waals surface area contributed by atoms with E-state index >= 15 is 0 Å². The van der Waals surface area contributed by atoms with Crippen molar-refractivity contribution >= 4 is 36.6 Å². The summed E-state index contributed by atoms with van der Waals surface area (Å²) >= 11 is 0. The number of nitrogens with zero attached hydrogens (tertiary/aromatic N) is 3. The Hall–Kier alpha value is -1.37. The van der Waals surface area contributed by atoms with E-state index in [-0.39, 0.29) is 43.2 Å². The number of halogens is 2. The van der Waals surface area contributed by atoms with Gasteiger partial charge in [-0.1, -0.05) is 6.07 Å². The van der Waals surface area contributed by atoms with Gasteiger partial charge in [-0.15, -0.1) is 24.8 Å². The minimum atomic E-state index is -0.216. The molecule has 0 spiro atoms. The molecule has 2 heterocycles. The van der Waals surface area contributed by atoms with Crippen LogP contribution >= 0.6 is 24.8 Å². The molecule has 2 amide bonds. The van der Waals surface area contributed by atoms with Gasteiger partial charge in [-0.25, -0.2) is 0 Å². The minimum absolute atomic E-state index is 0. The summed E-state index contributed by atoms with van der Waals surface area (Å²) in [5, 5.41) is 3.19. The normalized spacial score (nSPS) is 13.6. The van der Waals surface area contributed by atoms with Crippen molar-refractivity contribution in [3.8, 4) is 0 Å². The number of hydrogen-bond donors (Lipinski definition) is 1. The molecule has 1 N–H and O–H groups in total. The minimum Gasteiger partial charge on any atom is -0.339 e. The van der Waals surface area contributed by atoms with E-state index in [1.807, 2.05) is 13.0 Å². The maximum atomic E-state index is 12.3. The van der Waals surface area contributed by atoms with Gasteiger partial charge in [-0.3, -0.25) is 14.6 Å². The highest BCUT2D eigenvalue weighted by molar-refractivity contribution is 5.95. The summed E-state index contributed by atoms with van der Waals surface area (Å²) < 4.78 is 0. The number of rotatable bonds is 3. The topological polar surface area (TPSA) is 65.5 Å². The molecule has 1 aromatic heterocycles. The van der Waals surface area contributed by atoms with Crippen molar-refractivity contribution in [2.75, 3.05) is 39.8 Å². The van der Waals surface area contributed by atoms with E-state index < -0.39 is 0 Å². The molecule has 0 bridgehead atoms. The Morgan fingerprint density at radius 1 is 1.32 bits per heavy atom. The quantitative estimate of drug-likeness (QED) is 0.874. The Kier molecular flexibility index (Phi) is 9.01. The van der Waals surface area contributed by atoms with Crippen LogP contribution < -0.4 is 5.32 Å². The van der Waals surface area contributed by atoms with Gasteiger partial charge in [0.1, 0.15) is 5.69 Å². The molecule has 0 aromatic carbocycles. The molecule has 1 aliphatic heterocycles. The lowest BCUT2D eigenvalue weighted by Crippen LogP contribution is -2.49. The largest absolute Gasteiger partial charge is 0.339 e. The molecule has 0 unspecified atom stereocenters. The number of nitrogens with one attached hydrogen (secondary N) is 1. The SMILES string of the molecule is Cc1cccnc1C(=O)N(C)CC(=O)N1CCNCC1.Cl.Cl. The standard InChI is InChI=1S/C14H20N4O2.2ClH/c1-11-4-3-5-16-13(11)14(20)17(2)10-12(19)18-8-6-15-7-9-18;;/h3-5,15H,6-10H2,1-2H3;2*1H. The number of hydrogen-bond acceptors (Lipinski definition) is 4. The van der Waals surface area contributed by atoms with Gasteiger partial charge in [0.2, 0.25) is 5.91 Å². The van der Waals surface area contributed by atoms with Crippen LogP contribution in [0.25, 0.3) is 0 Å². The van der Waals surface area contributed by atoms with Crippen LogP contribution in [0.1, 0.15) is 16.1 Å². The third-order valence-electron chi connectivity index (χ3n) is 3.40. The number of likely N-dealkylation sites (N-methyl/N-ethyl adjacent to an activating group) is 1. The van der Waals surface area contributed by atoms with Gasteiger partial charge < -0.3 is 15.1 Å². The van der Waals surface area contributed by atoms with Crippen LogP contribution in [-0.2, 0) is 4.79 Å². The van der Waals surface area contributed by atoms with Gasteiger partial charge in [-0.2, -0.15) is 0 Å². The Labute approximate surface area is 143 Å². The maximum absolute atomic E-state index is 12.3. The van der Waals surface area contributed by atoms with Crippen LogP contribution in [0.3, 0.4) is 0 Å². The first kappa shape index (κ1) is 20.6. The molecule has 22 heavy (non-hydrogen) atoms. The fourth-order valence-electron chi connectivity index (χ4n) is 2.18. The van der Waals surface area contributed by atoms with E-state index in [1.165, 1.54) is 4.90 Å². The Morgan fingerprint density at radius 3 is 2.55 bits per heavy atom. The number of aryl methyl sites for hydroxylation is 1. The molecule has 1 fully saturated rings. The first-order valence-electron chi connectivity index (χ1n) is 6.75. The van der Waals surface area contributed by atoms with E-state index in [4.69, 9.17) is 0 Å². The van der Waals surface area contributed by atoms with Crippen LogP contribution in [0.2, 0.25) is 0 Å². The Balaban J connectivity index is 0.00000220. The zero-order valence-electron chi connectivity index (χ0n) is 12.7. The van der Waals surface area contributed by atoms with E-state index in [0.717, 1.165) is 18.7 Å². The molecule has 6 nitrogen and oxygen atoms in total. The number of piperazine rings is 1. The highest BCUT2D eigenvalue weighted by atomic mass is 35.5. The van der Waals surface area contributed by atoms with Gasteiger partial charge in [0.25, 0.3) is 5.91 Å². The van der Waals surface area contributed by atoms with E-state index in [0.29, 0.717) is 18.8 Å². The summed E-state index contributed by atoms with van der Waals surface area (Å²) in [6.45, 7) is 4.94. The van der Waals surface area contributed by atoms with E-state index in [2.05, 4.69) is 10.3 Å². The summed E-state index contributed by atoms with van der Waals surface area (Å²) in [5.74, 6) is -0.234. The summed E-state index contributed by atoms with van der Waals surface area (Å²) in [6.07, 6.45) is 1.59. The maximum Gasteiger partial charge on any atom is 0.272 e. The summed E-state index contributed by atoms with van der Waals surface area (Å²) in [7, 11) is 1.64.